The van der Waals surface area contributed by atoms with E-state index in [-0.39, 0.29) is 6.04 Å². The first-order chi connectivity index (χ1) is 9.10. The molecule has 0 aliphatic carbocycles. The predicted octanol–water partition coefficient (Wildman–Crippen LogP) is 2.57. The summed E-state index contributed by atoms with van der Waals surface area (Å²) in [6, 6.07) is 5.06. The summed E-state index contributed by atoms with van der Waals surface area (Å²) in [6.07, 6.45) is 1.99. The summed E-state index contributed by atoms with van der Waals surface area (Å²) < 4.78 is 26.8. The van der Waals surface area contributed by atoms with Crippen molar-refractivity contribution in [2.24, 2.45) is 0 Å². The Morgan fingerprint density at radius 3 is 2.74 bits per heavy atom. The SMILES string of the molecule is CNC(Cc1cc(F)ccc1F)c1ccnc(C)n1. The van der Waals surface area contributed by atoms with Crippen molar-refractivity contribution in [3.63, 3.8) is 0 Å². The van der Waals surface area contributed by atoms with Crippen LogP contribution in [0.1, 0.15) is 23.1 Å². The molecule has 0 aliphatic rings. The topological polar surface area (TPSA) is 37.8 Å². The quantitative estimate of drug-likeness (QED) is 0.921. The molecule has 5 heteroatoms. The molecule has 1 unspecified atom stereocenters. The van der Waals surface area contributed by atoms with Crippen LogP contribution >= 0.6 is 0 Å². The van der Waals surface area contributed by atoms with Crippen LogP contribution < -0.4 is 5.32 Å². The minimum atomic E-state index is -0.440. The Labute approximate surface area is 110 Å². The molecule has 0 spiro atoms. The number of nitrogens with zero attached hydrogens (tertiary/aromatic N) is 2. The van der Waals surface area contributed by atoms with E-state index in [0.29, 0.717) is 17.8 Å². The molecule has 2 aromatic rings. The second kappa shape index (κ2) is 5.84. The fraction of sp³-hybridized carbons (Fsp3) is 0.286. The third-order valence-corrected chi connectivity index (χ3v) is 2.93. The number of likely N-dealkylation sites (N-methyl/N-ethyl adjacent to an activating group) is 1. The van der Waals surface area contributed by atoms with Gasteiger partial charge in [0.05, 0.1) is 11.7 Å². The summed E-state index contributed by atoms with van der Waals surface area (Å²) in [5.41, 5.74) is 1.09. The molecule has 1 atom stereocenters. The van der Waals surface area contributed by atoms with Crippen molar-refractivity contribution < 1.29 is 8.78 Å². The maximum Gasteiger partial charge on any atom is 0.126 e. The van der Waals surface area contributed by atoms with Gasteiger partial charge in [0.1, 0.15) is 17.5 Å². The van der Waals surface area contributed by atoms with Crippen molar-refractivity contribution in [2.45, 2.75) is 19.4 Å². The Hall–Kier alpha value is -1.88. The highest BCUT2D eigenvalue weighted by Crippen LogP contribution is 2.19. The zero-order valence-corrected chi connectivity index (χ0v) is 10.8. The largest absolute Gasteiger partial charge is 0.311 e. The van der Waals surface area contributed by atoms with Crippen LogP contribution in [0.4, 0.5) is 8.78 Å². The van der Waals surface area contributed by atoms with Crippen molar-refractivity contribution in [3.8, 4) is 0 Å². The molecule has 1 aromatic heterocycles. The number of hydrogen-bond acceptors (Lipinski definition) is 3. The zero-order valence-electron chi connectivity index (χ0n) is 10.8. The summed E-state index contributed by atoms with van der Waals surface area (Å²) in [7, 11) is 1.76. The van der Waals surface area contributed by atoms with E-state index in [4.69, 9.17) is 0 Å². The van der Waals surface area contributed by atoms with E-state index in [9.17, 15) is 8.78 Å². The molecule has 0 fully saturated rings. The maximum atomic E-state index is 13.6. The molecule has 100 valence electrons. The van der Waals surface area contributed by atoms with Crippen molar-refractivity contribution >= 4 is 0 Å². The molecule has 2 rings (SSSR count). The van der Waals surface area contributed by atoms with E-state index in [0.717, 1.165) is 17.8 Å². The highest BCUT2D eigenvalue weighted by atomic mass is 19.1. The lowest BCUT2D eigenvalue weighted by molar-refractivity contribution is 0.534. The van der Waals surface area contributed by atoms with E-state index in [1.54, 1.807) is 26.2 Å². The minimum Gasteiger partial charge on any atom is -0.311 e. The third-order valence-electron chi connectivity index (χ3n) is 2.93. The first-order valence-electron chi connectivity index (χ1n) is 6.01. The monoisotopic (exact) mass is 263 g/mol. The Balaban J connectivity index is 2.26. The van der Waals surface area contributed by atoms with E-state index >= 15 is 0 Å². The van der Waals surface area contributed by atoms with Crippen molar-refractivity contribution in [1.82, 2.24) is 15.3 Å². The van der Waals surface area contributed by atoms with Gasteiger partial charge in [0.2, 0.25) is 0 Å². The predicted molar refractivity (Wildman–Crippen MR) is 68.6 cm³/mol. The molecular weight excluding hydrogens is 248 g/mol. The van der Waals surface area contributed by atoms with Crippen LogP contribution in [0.15, 0.2) is 30.5 Å². The van der Waals surface area contributed by atoms with Crippen LogP contribution in [-0.4, -0.2) is 17.0 Å². The molecular formula is C14H15F2N3. The normalized spacial score (nSPS) is 12.4. The summed E-state index contributed by atoms with van der Waals surface area (Å²) in [4.78, 5) is 8.33. The lowest BCUT2D eigenvalue weighted by Crippen LogP contribution is -2.21. The standard InChI is InChI=1S/C14H15F2N3/c1-9-18-6-5-13(19-9)14(17-2)8-10-7-11(15)3-4-12(10)16/h3-7,14,17H,8H2,1-2H3. The van der Waals surface area contributed by atoms with Gasteiger partial charge in [-0.05, 0) is 50.2 Å². The number of nitrogens with one attached hydrogen (secondary N) is 1. The van der Waals surface area contributed by atoms with Gasteiger partial charge in [-0.25, -0.2) is 18.7 Å². The number of benzene rings is 1. The smallest absolute Gasteiger partial charge is 0.126 e. The third kappa shape index (κ3) is 3.32. The van der Waals surface area contributed by atoms with Gasteiger partial charge in [-0.3, -0.25) is 0 Å². The molecule has 0 radical (unpaired) electrons. The Morgan fingerprint density at radius 1 is 1.26 bits per heavy atom. The molecule has 3 nitrogen and oxygen atoms in total. The first kappa shape index (κ1) is 13.5. The van der Waals surface area contributed by atoms with Gasteiger partial charge in [-0.15, -0.1) is 0 Å². The Bertz CT molecular complexity index is 572. The maximum absolute atomic E-state index is 13.6. The second-order valence-corrected chi connectivity index (χ2v) is 4.31. The number of aromatic nitrogens is 2. The highest BCUT2D eigenvalue weighted by molar-refractivity contribution is 5.22. The molecule has 0 bridgehead atoms. The van der Waals surface area contributed by atoms with Gasteiger partial charge in [-0.1, -0.05) is 0 Å². The zero-order chi connectivity index (χ0) is 13.8. The van der Waals surface area contributed by atoms with E-state index in [1.165, 1.54) is 6.07 Å². The molecule has 0 saturated carbocycles. The Kier molecular flexibility index (Phi) is 4.16. The molecule has 0 saturated heterocycles. The number of hydrogen-bond donors (Lipinski definition) is 1. The number of rotatable bonds is 4. The fourth-order valence-electron chi connectivity index (χ4n) is 1.94. The first-order valence-corrected chi connectivity index (χ1v) is 6.01. The van der Waals surface area contributed by atoms with Crippen molar-refractivity contribution in [2.75, 3.05) is 7.05 Å². The van der Waals surface area contributed by atoms with Gasteiger partial charge in [-0.2, -0.15) is 0 Å². The lowest BCUT2D eigenvalue weighted by Gasteiger charge is -2.16. The van der Waals surface area contributed by atoms with Crippen LogP contribution in [0.3, 0.4) is 0 Å². The van der Waals surface area contributed by atoms with Gasteiger partial charge in [0.15, 0.2) is 0 Å². The molecule has 0 amide bonds. The second-order valence-electron chi connectivity index (χ2n) is 4.31. The van der Waals surface area contributed by atoms with Crippen LogP contribution in [-0.2, 0) is 6.42 Å². The van der Waals surface area contributed by atoms with Crippen molar-refractivity contribution in [3.05, 3.63) is 59.2 Å². The van der Waals surface area contributed by atoms with E-state index < -0.39 is 11.6 Å². The molecule has 0 aliphatic heterocycles. The lowest BCUT2D eigenvalue weighted by atomic mass is 10.0. The summed E-state index contributed by atoms with van der Waals surface area (Å²) in [5.74, 6) is -0.199. The van der Waals surface area contributed by atoms with Gasteiger partial charge in [0, 0.05) is 6.20 Å². The van der Waals surface area contributed by atoms with E-state index in [2.05, 4.69) is 15.3 Å². The average Bonchev–Trinajstić information content (AvgIpc) is 2.39. The molecule has 19 heavy (non-hydrogen) atoms. The van der Waals surface area contributed by atoms with Crippen LogP contribution in [0, 0.1) is 18.6 Å². The molecule has 1 aromatic carbocycles. The average molecular weight is 263 g/mol. The van der Waals surface area contributed by atoms with Crippen LogP contribution in [0.25, 0.3) is 0 Å². The highest BCUT2D eigenvalue weighted by Gasteiger charge is 2.15. The van der Waals surface area contributed by atoms with Crippen LogP contribution in [0.5, 0.6) is 0 Å². The molecule has 1 heterocycles. The van der Waals surface area contributed by atoms with Crippen LogP contribution in [0.2, 0.25) is 0 Å². The summed E-state index contributed by atoms with van der Waals surface area (Å²) in [5, 5.41) is 3.06. The van der Waals surface area contributed by atoms with Crippen molar-refractivity contribution in [1.29, 1.82) is 0 Å². The number of aryl methyl sites for hydroxylation is 1. The molecule has 1 N–H and O–H groups in total. The number of halogens is 2. The van der Waals surface area contributed by atoms with Gasteiger partial charge in [0.25, 0.3) is 0 Å². The van der Waals surface area contributed by atoms with Gasteiger partial charge >= 0.3 is 0 Å². The summed E-state index contributed by atoms with van der Waals surface area (Å²) in [6.45, 7) is 1.79. The van der Waals surface area contributed by atoms with Gasteiger partial charge < -0.3 is 5.32 Å². The Morgan fingerprint density at radius 2 is 2.05 bits per heavy atom. The van der Waals surface area contributed by atoms with E-state index in [1.807, 2.05) is 0 Å². The minimum absolute atomic E-state index is 0.182. The summed E-state index contributed by atoms with van der Waals surface area (Å²) >= 11 is 0. The fourth-order valence-corrected chi connectivity index (χ4v) is 1.94.